The molecule has 1 N–H and O–H groups in total. The van der Waals surface area contributed by atoms with Crippen LogP contribution in [0.25, 0.3) is 10.1 Å². The van der Waals surface area contributed by atoms with E-state index in [1.807, 2.05) is 13.0 Å². The van der Waals surface area contributed by atoms with Gasteiger partial charge in [-0.1, -0.05) is 16.7 Å². The van der Waals surface area contributed by atoms with Crippen molar-refractivity contribution in [1.82, 2.24) is 19.5 Å². The molecular weight excluding hydrogens is 396 g/mol. The first-order chi connectivity index (χ1) is 12.3. The number of aryl methyl sites for hydroxylation is 1. The van der Waals surface area contributed by atoms with Gasteiger partial charge in [-0.05, 0) is 49.9 Å². The highest BCUT2D eigenvalue weighted by Crippen LogP contribution is 2.36. The Kier molecular flexibility index (Phi) is 5.25. The minimum Gasteiger partial charge on any atom is -0.467 e. The van der Waals surface area contributed by atoms with Gasteiger partial charge in [0.15, 0.2) is 5.82 Å². The van der Waals surface area contributed by atoms with Crippen molar-refractivity contribution in [2.45, 2.75) is 37.6 Å². The van der Waals surface area contributed by atoms with Gasteiger partial charge in [0.05, 0.1) is 13.2 Å². The molecule has 1 atom stereocenters. The Hall–Kier alpha value is -1.68. The summed E-state index contributed by atoms with van der Waals surface area (Å²) >= 11 is 7.26. The predicted molar refractivity (Wildman–Crippen MR) is 103 cm³/mol. The van der Waals surface area contributed by atoms with Crippen molar-refractivity contribution >= 4 is 43.0 Å². The van der Waals surface area contributed by atoms with Gasteiger partial charge in [-0.2, -0.15) is 4.72 Å². The smallest absolute Gasteiger partial charge is 0.316 e. The maximum absolute atomic E-state index is 12.9. The fraction of sp³-hybridized carbons (Fsp3) is 0.375. The van der Waals surface area contributed by atoms with Crippen LogP contribution in [0.3, 0.4) is 0 Å². The largest absolute Gasteiger partial charge is 0.467 e. The Bertz CT molecular complexity index is 1060. The number of methoxy groups -OCH3 is 1. The van der Waals surface area contributed by atoms with E-state index in [0.29, 0.717) is 29.0 Å². The summed E-state index contributed by atoms with van der Waals surface area (Å²) < 4.78 is 36.6. The molecule has 3 rings (SSSR count). The summed E-state index contributed by atoms with van der Waals surface area (Å²) in [5.41, 5.74) is 0.682. The highest BCUT2D eigenvalue weighted by Gasteiger charge is 2.27. The number of thiophene rings is 1. The number of ether oxygens (including phenoxy) is 1. The first kappa shape index (κ1) is 19.1. The van der Waals surface area contributed by atoms with Gasteiger partial charge in [-0.3, -0.25) is 4.57 Å². The highest BCUT2D eigenvalue weighted by atomic mass is 35.5. The number of sulfonamides is 1. The average Bonchev–Trinajstić information content (AvgIpc) is 3.16. The van der Waals surface area contributed by atoms with Crippen LogP contribution in [0.5, 0.6) is 6.01 Å². The van der Waals surface area contributed by atoms with E-state index >= 15 is 0 Å². The second-order valence-electron chi connectivity index (χ2n) is 5.79. The fourth-order valence-corrected chi connectivity index (χ4v) is 5.97. The van der Waals surface area contributed by atoms with Gasteiger partial charge < -0.3 is 4.74 Å². The lowest BCUT2D eigenvalue weighted by molar-refractivity contribution is 0.354. The quantitative estimate of drug-likeness (QED) is 0.666. The third kappa shape index (κ3) is 3.32. The Balaban J connectivity index is 1.97. The molecular formula is C16H19ClN4O3S2. The molecule has 0 fully saturated rings. The molecule has 0 aliphatic heterocycles. The Morgan fingerprint density at radius 3 is 2.77 bits per heavy atom. The van der Waals surface area contributed by atoms with E-state index in [1.165, 1.54) is 18.4 Å². The third-order valence-corrected chi connectivity index (χ3v) is 7.73. The molecule has 1 aromatic carbocycles. The van der Waals surface area contributed by atoms with Gasteiger partial charge in [0, 0.05) is 16.3 Å². The van der Waals surface area contributed by atoms with Gasteiger partial charge in [-0.15, -0.1) is 16.4 Å². The van der Waals surface area contributed by atoms with E-state index < -0.39 is 16.1 Å². The number of fused-ring (bicyclic) bond motifs is 1. The van der Waals surface area contributed by atoms with Crippen molar-refractivity contribution in [3.05, 3.63) is 34.6 Å². The van der Waals surface area contributed by atoms with Crippen LogP contribution in [0.4, 0.5) is 0 Å². The summed E-state index contributed by atoms with van der Waals surface area (Å²) in [6.45, 7) is 5.99. The van der Waals surface area contributed by atoms with E-state index in [2.05, 4.69) is 14.9 Å². The molecule has 140 valence electrons. The molecule has 10 heteroatoms. The van der Waals surface area contributed by atoms with Crippen LogP contribution in [-0.4, -0.2) is 30.3 Å². The van der Waals surface area contributed by atoms with Gasteiger partial charge >= 0.3 is 6.01 Å². The number of nitrogens with one attached hydrogen (secondary N) is 1. The lowest BCUT2D eigenvalue weighted by Gasteiger charge is -2.14. The van der Waals surface area contributed by atoms with E-state index in [4.69, 9.17) is 16.3 Å². The predicted octanol–water partition coefficient (Wildman–Crippen LogP) is 3.52. The number of nitrogens with zero attached hydrogens (tertiary/aromatic N) is 3. The van der Waals surface area contributed by atoms with Crippen LogP contribution in [0.15, 0.2) is 22.4 Å². The van der Waals surface area contributed by atoms with Crippen molar-refractivity contribution in [2.75, 3.05) is 7.11 Å². The Morgan fingerprint density at radius 2 is 2.12 bits per heavy atom. The Morgan fingerprint density at radius 1 is 1.38 bits per heavy atom. The van der Waals surface area contributed by atoms with Crippen molar-refractivity contribution in [1.29, 1.82) is 0 Å². The fourth-order valence-electron chi connectivity index (χ4n) is 2.83. The summed E-state index contributed by atoms with van der Waals surface area (Å²) in [6, 6.07) is 5.15. The number of rotatable bonds is 6. The summed E-state index contributed by atoms with van der Waals surface area (Å²) in [6.07, 6.45) is 0. The second kappa shape index (κ2) is 7.15. The number of halogens is 1. The zero-order chi connectivity index (χ0) is 19.1. The highest BCUT2D eigenvalue weighted by molar-refractivity contribution is 7.91. The monoisotopic (exact) mass is 414 g/mol. The summed E-state index contributed by atoms with van der Waals surface area (Å²) in [5.74, 6) is 0.495. The van der Waals surface area contributed by atoms with E-state index in [1.54, 1.807) is 30.5 Å². The molecule has 2 aromatic heterocycles. The maximum Gasteiger partial charge on any atom is 0.316 e. The van der Waals surface area contributed by atoms with Crippen LogP contribution in [0.1, 0.15) is 31.3 Å². The number of benzene rings is 1. The minimum atomic E-state index is -3.73. The zero-order valence-electron chi connectivity index (χ0n) is 14.8. The molecule has 0 spiro atoms. The average molecular weight is 415 g/mol. The van der Waals surface area contributed by atoms with Crippen LogP contribution in [0.2, 0.25) is 5.02 Å². The van der Waals surface area contributed by atoms with Gasteiger partial charge in [0.2, 0.25) is 0 Å². The minimum absolute atomic E-state index is 0.274. The molecule has 0 saturated heterocycles. The van der Waals surface area contributed by atoms with Crippen LogP contribution in [-0.2, 0) is 16.6 Å². The van der Waals surface area contributed by atoms with Crippen molar-refractivity contribution < 1.29 is 13.2 Å². The molecule has 0 amide bonds. The van der Waals surface area contributed by atoms with Crippen LogP contribution in [0, 0.1) is 6.92 Å². The second-order valence-corrected chi connectivity index (χ2v) is 9.19. The Labute approximate surface area is 161 Å². The van der Waals surface area contributed by atoms with Crippen LogP contribution < -0.4 is 9.46 Å². The SMILES string of the molecule is CCn1c(OC)nnc1[C@@H](C)NS(=O)(=O)c1sc2ccc(Cl)cc2c1C. The van der Waals surface area contributed by atoms with E-state index in [-0.39, 0.29) is 4.21 Å². The van der Waals surface area contributed by atoms with Crippen molar-refractivity contribution in [3.8, 4) is 6.01 Å². The van der Waals surface area contributed by atoms with Crippen molar-refractivity contribution in [2.24, 2.45) is 0 Å². The van der Waals surface area contributed by atoms with E-state index in [9.17, 15) is 8.42 Å². The van der Waals surface area contributed by atoms with Crippen LogP contribution >= 0.6 is 22.9 Å². The molecule has 7 nitrogen and oxygen atoms in total. The molecule has 3 aromatic rings. The first-order valence-electron chi connectivity index (χ1n) is 7.96. The molecule has 2 heterocycles. The lowest BCUT2D eigenvalue weighted by atomic mass is 10.2. The lowest BCUT2D eigenvalue weighted by Crippen LogP contribution is -2.28. The zero-order valence-corrected chi connectivity index (χ0v) is 17.2. The molecule has 0 bridgehead atoms. The molecule has 0 radical (unpaired) electrons. The number of aromatic nitrogens is 3. The third-order valence-electron chi connectivity index (χ3n) is 4.06. The standard InChI is InChI=1S/C16H19ClN4O3S2/c1-5-21-14(18-19-16(21)24-4)10(3)20-26(22,23)15-9(2)12-8-11(17)6-7-13(12)25-15/h6-8,10,20H,5H2,1-4H3/t10-/m1/s1. The van der Waals surface area contributed by atoms with E-state index in [0.717, 1.165) is 10.1 Å². The normalized spacial score (nSPS) is 13.3. The molecule has 0 saturated carbocycles. The number of hydrogen-bond acceptors (Lipinski definition) is 6. The van der Waals surface area contributed by atoms with Gasteiger partial charge in [0.1, 0.15) is 4.21 Å². The van der Waals surface area contributed by atoms with Gasteiger partial charge in [0.25, 0.3) is 10.0 Å². The summed E-state index contributed by atoms with van der Waals surface area (Å²) in [5, 5.41) is 9.41. The first-order valence-corrected chi connectivity index (χ1v) is 10.6. The number of hydrogen-bond donors (Lipinski definition) is 1. The molecule has 26 heavy (non-hydrogen) atoms. The maximum atomic E-state index is 12.9. The topological polar surface area (TPSA) is 86.1 Å². The molecule has 0 unspecified atom stereocenters. The summed E-state index contributed by atoms with van der Waals surface area (Å²) in [4.78, 5) is 0. The summed E-state index contributed by atoms with van der Waals surface area (Å²) in [7, 11) is -2.23. The van der Waals surface area contributed by atoms with Crippen molar-refractivity contribution in [3.63, 3.8) is 0 Å². The molecule has 0 aliphatic rings. The van der Waals surface area contributed by atoms with Gasteiger partial charge in [-0.25, -0.2) is 8.42 Å². The molecule has 0 aliphatic carbocycles.